The molecule has 1 aromatic carbocycles. The molecule has 0 bridgehead atoms. The Bertz CT molecular complexity index is 550. The number of aliphatic carboxylic acids is 1. The van der Waals surface area contributed by atoms with Crippen molar-refractivity contribution in [3.63, 3.8) is 0 Å². The molecule has 0 heterocycles. The average Bonchev–Trinajstić information content (AvgIpc) is 2.36. The first-order valence-electron chi connectivity index (χ1n) is 5.58. The lowest BCUT2D eigenvalue weighted by atomic mass is 10.1. The number of halogens is 2. The Balaban J connectivity index is 2.77. The maximum atomic E-state index is 11.9. The highest BCUT2D eigenvalue weighted by atomic mass is 79.9. The molecular weight excluding hydrogens is 351 g/mol. The van der Waals surface area contributed by atoms with Crippen molar-refractivity contribution >= 4 is 45.3 Å². The summed E-state index contributed by atoms with van der Waals surface area (Å²) in [4.78, 5) is 33.6. The van der Waals surface area contributed by atoms with Gasteiger partial charge >= 0.3 is 5.97 Å². The largest absolute Gasteiger partial charge is 0.480 e. The van der Waals surface area contributed by atoms with Gasteiger partial charge in [0.05, 0.1) is 5.02 Å². The smallest absolute Gasteiger partial charge is 0.326 e. The highest BCUT2D eigenvalue weighted by Crippen LogP contribution is 2.23. The minimum absolute atomic E-state index is 0.0643. The third-order valence-corrected chi connectivity index (χ3v) is 3.68. The quantitative estimate of drug-likeness (QED) is 0.712. The van der Waals surface area contributed by atoms with E-state index < -0.39 is 23.8 Å². The number of primary amides is 1. The molecule has 0 aliphatic heterocycles. The van der Waals surface area contributed by atoms with Gasteiger partial charge in [-0.1, -0.05) is 11.6 Å². The van der Waals surface area contributed by atoms with Crippen LogP contribution in [-0.2, 0) is 9.59 Å². The van der Waals surface area contributed by atoms with Crippen LogP contribution >= 0.6 is 27.5 Å². The van der Waals surface area contributed by atoms with Gasteiger partial charge in [0, 0.05) is 16.5 Å². The number of benzene rings is 1. The Morgan fingerprint density at radius 1 is 1.40 bits per heavy atom. The number of rotatable bonds is 6. The van der Waals surface area contributed by atoms with Crippen molar-refractivity contribution in [1.82, 2.24) is 5.32 Å². The second kappa shape index (κ2) is 7.25. The van der Waals surface area contributed by atoms with Crippen LogP contribution in [0.3, 0.4) is 0 Å². The molecule has 0 saturated heterocycles. The molecule has 0 fully saturated rings. The van der Waals surface area contributed by atoms with Crippen molar-refractivity contribution < 1.29 is 19.5 Å². The Kier molecular flexibility index (Phi) is 5.97. The molecule has 0 saturated carbocycles. The van der Waals surface area contributed by atoms with E-state index in [1.165, 1.54) is 18.2 Å². The van der Waals surface area contributed by atoms with Gasteiger partial charge in [0.1, 0.15) is 6.04 Å². The van der Waals surface area contributed by atoms with Gasteiger partial charge < -0.3 is 16.2 Å². The molecule has 1 atom stereocenters. The minimum Gasteiger partial charge on any atom is -0.480 e. The Morgan fingerprint density at radius 3 is 2.55 bits per heavy atom. The molecule has 6 nitrogen and oxygen atoms in total. The average molecular weight is 364 g/mol. The van der Waals surface area contributed by atoms with Crippen LogP contribution in [0, 0.1) is 0 Å². The van der Waals surface area contributed by atoms with Crippen LogP contribution in [0.2, 0.25) is 5.02 Å². The summed E-state index contributed by atoms with van der Waals surface area (Å²) in [6, 6.07) is 3.28. The van der Waals surface area contributed by atoms with Crippen LogP contribution < -0.4 is 11.1 Å². The van der Waals surface area contributed by atoms with Crippen LogP contribution in [0.4, 0.5) is 0 Å². The zero-order valence-corrected chi connectivity index (χ0v) is 12.6. The topological polar surface area (TPSA) is 109 Å². The number of hydrogen-bond acceptors (Lipinski definition) is 3. The molecule has 4 N–H and O–H groups in total. The zero-order valence-electron chi connectivity index (χ0n) is 10.2. The minimum atomic E-state index is -1.23. The number of carboxylic acids is 1. The Morgan fingerprint density at radius 2 is 2.05 bits per heavy atom. The number of carbonyl (C=O) groups is 3. The Hall–Kier alpha value is -1.60. The first-order valence-corrected chi connectivity index (χ1v) is 6.75. The lowest BCUT2D eigenvalue weighted by Gasteiger charge is -2.14. The number of carboxylic acid groups (broad SMARTS) is 1. The van der Waals surface area contributed by atoms with Crippen molar-refractivity contribution in [2.24, 2.45) is 5.73 Å². The predicted molar refractivity (Wildman–Crippen MR) is 76.5 cm³/mol. The summed E-state index contributed by atoms with van der Waals surface area (Å²) in [5, 5.41) is 11.7. The van der Waals surface area contributed by atoms with E-state index >= 15 is 0 Å². The van der Waals surface area contributed by atoms with Crippen LogP contribution in [-0.4, -0.2) is 28.9 Å². The van der Waals surface area contributed by atoms with E-state index in [0.29, 0.717) is 9.50 Å². The summed E-state index contributed by atoms with van der Waals surface area (Å²) in [6.45, 7) is 0. The maximum Gasteiger partial charge on any atom is 0.326 e. The van der Waals surface area contributed by atoms with Gasteiger partial charge in [-0.15, -0.1) is 0 Å². The summed E-state index contributed by atoms with van der Waals surface area (Å²) in [7, 11) is 0. The van der Waals surface area contributed by atoms with Gasteiger partial charge in [-0.3, -0.25) is 9.59 Å². The highest BCUT2D eigenvalue weighted by molar-refractivity contribution is 9.10. The number of nitrogens with one attached hydrogen (secondary N) is 1. The highest BCUT2D eigenvalue weighted by Gasteiger charge is 2.21. The van der Waals surface area contributed by atoms with Crippen LogP contribution in [0.25, 0.3) is 0 Å². The number of hydrogen-bond donors (Lipinski definition) is 3. The first-order chi connectivity index (χ1) is 9.31. The second-order valence-electron chi connectivity index (χ2n) is 4.00. The van der Waals surface area contributed by atoms with Crippen molar-refractivity contribution in [2.45, 2.75) is 18.9 Å². The van der Waals surface area contributed by atoms with Crippen LogP contribution in [0.15, 0.2) is 22.7 Å². The van der Waals surface area contributed by atoms with E-state index in [-0.39, 0.29) is 18.4 Å². The predicted octanol–water partition coefficient (Wildman–Crippen LogP) is 1.55. The van der Waals surface area contributed by atoms with E-state index in [2.05, 4.69) is 21.2 Å². The fourth-order valence-electron chi connectivity index (χ4n) is 1.42. The van der Waals surface area contributed by atoms with Crippen molar-refractivity contribution in [3.05, 3.63) is 33.3 Å². The van der Waals surface area contributed by atoms with Gasteiger partial charge in [0.15, 0.2) is 0 Å². The van der Waals surface area contributed by atoms with Crippen molar-refractivity contribution in [1.29, 1.82) is 0 Å². The summed E-state index contributed by atoms with van der Waals surface area (Å²) in [5.41, 5.74) is 5.21. The molecule has 0 aliphatic rings. The number of carbonyl (C=O) groups excluding carboxylic acids is 2. The van der Waals surface area contributed by atoms with E-state index in [4.69, 9.17) is 22.4 Å². The maximum absolute atomic E-state index is 11.9. The lowest BCUT2D eigenvalue weighted by Crippen LogP contribution is -2.41. The van der Waals surface area contributed by atoms with Gasteiger partial charge in [0.25, 0.3) is 5.91 Å². The van der Waals surface area contributed by atoms with Gasteiger partial charge in [0.2, 0.25) is 5.91 Å². The number of amides is 2. The third kappa shape index (κ3) is 4.82. The van der Waals surface area contributed by atoms with Crippen LogP contribution in [0.1, 0.15) is 23.2 Å². The fourth-order valence-corrected chi connectivity index (χ4v) is 1.92. The van der Waals surface area contributed by atoms with Gasteiger partial charge in [-0.2, -0.15) is 0 Å². The molecule has 8 heteroatoms. The molecule has 108 valence electrons. The van der Waals surface area contributed by atoms with Gasteiger partial charge in [-0.05, 0) is 40.5 Å². The molecule has 2 amide bonds. The van der Waals surface area contributed by atoms with Gasteiger partial charge in [-0.25, -0.2) is 4.79 Å². The summed E-state index contributed by atoms with van der Waals surface area (Å²) >= 11 is 8.97. The van der Waals surface area contributed by atoms with Crippen molar-refractivity contribution in [2.75, 3.05) is 0 Å². The molecule has 0 aliphatic carbocycles. The fraction of sp³-hybridized carbons (Fsp3) is 0.250. The van der Waals surface area contributed by atoms with E-state index in [9.17, 15) is 14.4 Å². The van der Waals surface area contributed by atoms with E-state index in [0.717, 1.165) is 0 Å². The summed E-state index contributed by atoms with van der Waals surface area (Å²) in [6.07, 6.45) is -0.188. The first kappa shape index (κ1) is 16.5. The SMILES string of the molecule is NC(=O)CC[C@@H](NC(=O)c1ccc(Cl)c(Br)c1)C(=O)O. The van der Waals surface area contributed by atoms with E-state index in [1.54, 1.807) is 0 Å². The van der Waals surface area contributed by atoms with E-state index in [1.807, 2.05) is 0 Å². The molecule has 0 spiro atoms. The Labute approximate surface area is 128 Å². The molecule has 0 unspecified atom stereocenters. The summed E-state index contributed by atoms with van der Waals surface area (Å²) in [5.74, 6) is -2.42. The lowest BCUT2D eigenvalue weighted by molar-refractivity contribution is -0.139. The molecule has 20 heavy (non-hydrogen) atoms. The van der Waals surface area contributed by atoms with Crippen molar-refractivity contribution in [3.8, 4) is 0 Å². The zero-order chi connectivity index (χ0) is 15.3. The number of nitrogens with two attached hydrogens (primary N) is 1. The molecule has 0 radical (unpaired) electrons. The summed E-state index contributed by atoms with van der Waals surface area (Å²) < 4.78 is 0.524. The molecule has 0 aromatic heterocycles. The molecule has 1 rings (SSSR count). The molecular formula is C12H12BrClN2O4. The third-order valence-electron chi connectivity index (χ3n) is 2.46. The standard InChI is InChI=1S/C12H12BrClN2O4/c13-7-5-6(1-2-8(7)14)11(18)16-9(12(19)20)3-4-10(15)17/h1-2,5,9H,3-4H2,(H2,15,17)(H,16,18)(H,19,20)/t9-/m1/s1. The second-order valence-corrected chi connectivity index (χ2v) is 5.26. The monoisotopic (exact) mass is 362 g/mol. The van der Waals surface area contributed by atoms with Crippen LogP contribution in [0.5, 0.6) is 0 Å². The normalized spacial score (nSPS) is 11.7. The molecule has 1 aromatic rings.